The number of allylic oxidation sites excluding steroid dienone is 2. The van der Waals surface area contributed by atoms with E-state index in [1.807, 2.05) is 6.92 Å². The molecular formula is C8H13F. The Bertz CT molecular complexity index is 154. The largest absolute Gasteiger partial charge is 0.212 e. The third-order valence-electron chi connectivity index (χ3n) is 2.39. The molecule has 0 nitrogen and oxygen atoms in total. The summed E-state index contributed by atoms with van der Waals surface area (Å²) in [6, 6.07) is 0. The molecule has 1 heteroatoms. The van der Waals surface area contributed by atoms with Crippen molar-refractivity contribution in [2.24, 2.45) is 5.41 Å². The first-order chi connectivity index (χ1) is 4.04. The molecule has 0 amide bonds. The van der Waals surface area contributed by atoms with E-state index in [9.17, 15) is 4.39 Å². The molecule has 1 aliphatic rings. The molecule has 52 valence electrons. The summed E-state index contributed by atoms with van der Waals surface area (Å²) in [5.41, 5.74) is 1.08. The van der Waals surface area contributed by atoms with Gasteiger partial charge >= 0.3 is 0 Å². The second-order valence-electron chi connectivity index (χ2n) is 3.41. The molecule has 0 aromatic rings. The van der Waals surface area contributed by atoms with Crippen molar-refractivity contribution in [2.45, 2.75) is 33.6 Å². The van der Waals surface area contributed by atoms with Gasteiger partial charge in [0.1, 0.15) is 0 Å². The molecule has 0 aromatic heterocycles. The number of hydrogen-bond acceptors (Lipinski definition) is 0. The number of hydrogen-bond donors (Lipinski definition) is 0. The van der Waals surface area contributed by atoms with E-state index < -0.39 is 0 Å². The van der Waals surface area contributed by atoms with E-state index in [4.69, 9.17) is 0 Å². The topological polar surface area (TPSA) is 0 Å². The van der Waals surface area contributed by atoms with Crippen LogP contribution in [0.5, 0.6) is 0 Å². The molecule has 0 heterocycles. The fourth-order valence-electron chi connectivity index (χ4n) is 1.16. The van der Waals surface area contributed by atoms with Crippen LogP contribution in [-0.2, 0) is 0 Å². The van der Waals surface area contributed by atoms with E-state index in [0.29, 0.717) is 6.42 Å². The SMILES string of the molecule is CC1=C(F)CCC1(C)C. The lowest BCUT2D eigenvalue weighted by molar-refractivity contribution is 0.442. The van der Waals surface area contributed by atoms with E-state index in [1.54, 1.807) is 0 Å². The fraction of sp³-hybridized carbons (Fsp3) is 0.750. The van der Waals surface area contributed by atoms with Crippen LogP contribution in [0.2, 0.25) is 0 Å². The summed E-state index contributed by atoms with van der Waals surface area (Å²) in [5, 5.41) is 0. The molecule has 0 radical (unpaired) electrons. The van der Waals surface area contributed by atoms with Gasteiger partial charge in [0, 0.05) is 0 Å². The van der Waals surface area contributed by atoms with Gasteiger partial charge in [-0.25, -0.2) is 4.39 Å². The minimum Gasteiger partial charge on any atom is -0.212 e. The predicted molar refractivity (Wildman–Crippen MR) is 36.8 cm³/mol. The fourth-order valence-corrected chi connectivity index (χ4v) is 1.16. The van der Waals surface area contributed by atoms with Gasteiger partial charge in [-0.1, -0.05) is 13.8 Å². The van der Waals surface area contributed by atoms with Crippen molar-refractivity contribution in [1.82, 2.24) is 0 Å². The molecule has 0 atom stereocenters. The van der Waals surface area contributed by atoms with Crippen molar-refractivity contribution in [3.63, 3.8) is 0 Å². The van der Waals surface area contributed by atoms with Crippen molar-refractivity contribution < 1.29 is 4.39 Å². The lowest BCUT2D eigenvalue weighted by atomic mass is 9.87. The quantitative estimate of drug-likeness (QED) is 0.470. The normalized spacial score (nSPS) is 25.3. The zero-order valence-electron chi connectivity index (χ0n) is 6.29. The van der Waals surface area contributed by atoms with Gasteiger partial charge in [-0.05, 0) is 30.8 Å². The molecule has 0 N–H and O–H groups in total. The lowest BCUT2D eigenvalue weighted by Gasteiger charge is -2.17. The van der Waals surface area contributed by atoms with Gasteiger partial charge in [-0.2, -0.15) is 0 Å². The van der Waals surface area contributed by atoms with E-state index >= 15 is 0 Å². The van der Waals surface area contributed by atoms with Crippen LogP contribution in [0.25, 0.3) is 0 Å². The Morgan fingerprint density at radius 1 is 1.44 bits per heavy atom. The van der Waals surface area contributed by atoms with Crippen molar-refractivity contribution in [2.75, 3.05) is 0 Å². The predicted octanol–water partition coefficient (Wildman–Crippen LogP) is 3.05. The van der Waals surface area contributed by atoms with E-state index in [-0.39, 0.29) is 11.2 Å². The Kier molecular flexibility index (Phi) is 1.38. The summed E-state index contributed by atoms with van der Waals surface area (Å²) >= 11 is 0. The molecule has 0 saturated heterocycles. The van der Waals surface area contributed by atoms with Crippen molar-refractivity contribution in [3.8, 4) is 0 Å². The molecule has 0 spiro atoms. The molecule has 0 unspecified atom stereocenters. The average Bonchev–Trinajstić information content (AvgIpc) is 1.97. The van der Waals surface area contributed by atoms with Gasteiger partial charge in [0.25, 0.3) is 0 Å². The Balaban J connectivity index is 2.88. The minimum absolute atomic E-state index is 0.111. The zero-order chi connectivity index (χ0) is 7.07. The van der Waals surface area contributed by atoms with Crippen LogP contribution < -0.4 is 0 Å². The second-order valence-corrected chi connectivity index (χ2v) is 3.41. The molecule has 9 heavy (non-hydrogen) atoms. The first-order valence-electron chi connectivity index (χ1n) is 3.40. The van der Waals surface area contributed by atoms with E-state index in [0.717, 1.165) is 12.0 Å². The Morgan fingerprint density at radius 3 is 2.11 bits per heavy atom. The third-order valence-corrected chi connectivity index (χ3v) is 2.39. The van der Waals surface area contributed by atoms with Crippen LogP contribution in [0.3, 0.4) is 0 Å². The summed E-state index contributed by atoms with van der Waals surface area (Å²) in [6.07, 6.45) is 1.63. The summed E-state index contributed by atoms with van der Waals surface area (Å²) < 4.78 is 12.7. The summed E-state index contributed by atoms with van der Waals surface area (Å²) in [6.45, 7) is 6.08. The van der Waals surface area contributed by atoms with Crippen LogP contribution in [0, 0.1) is 5.41 Å². The second kappa shape index (κ2) is 1.83. The molecule has 0 bridgehead atoms. The van der Waals surface area contributed by atoms with E-state index in [2.05, 4.69) is 13.8 Å². The highest BCUT2D eigenvalue weighted by atomic mass is 19.1. The van der Waals surface area contributed by atoms with Crippen molar-refractivity contribution in [3.05, 3.63) is 11.4 Å². The van der Waals surface area contributed by atoms with Gasteiger partial charge in [0.05, 0.1) is 5.83 Å². The molecule has 0 aromatic carbocycles. The van der Waals surface area contributed by atoms with Crippen molar-refractivity contribution in [1.29, 1.82) is 0 Å². The molecule has 0 aliphatic heterocycles. The Morgan fingerprint density at radius 2 is 2.00 bits per heavy atom. The zero-order valence-corrected chi connectivity index (χ0v) is 6.29. The van der Waals surface area contributed by atoms with Crippen LogP contribution >= 0.6 is 0 Å². The van der Waals surface area contributed by atoms with Gasteiger partial charge < -0.3 is 0 Å². The van der Waals surface area contributed by atoms with Crippen LogP contribution in [0.4, 0.5) is 4.39 Å². The summed E-state index contributed by atoms with van der Waals surface area (Å²) in [7, 11) is 0. The molecule has 0 saturated carbocycles. The standard InChI is InChI=1S/C8H13F/c1-6-7(9)4-5-8(6,2)3/h4-5H2,1-3H3. The van der Waals surface area contributed by atoms with Crippen LogP contribution in [0.1, 0.15) is 33.6 Å². The highest BCUT2D eigenvalue weighted by Crippen LogP contribution is 2.42. The smallest absolute Gasteiger partial charge is 0.0994 e. The summed E-state index contributed by atoms with van der Waals surface area (Å²) in [4.78, 5) is 0. The number of rotatable bonds is 0. The Labute approximate surface area is 55.8 Å². The van der Waals surface area contributed by atoms with Gasteiger partial charge in [-0.3, -0.25) is 0 Å². The maximum Gasteiger partial charge on any atom is 0.0994 e. The van der Waals surface area contributed by atoms with Gasteiger partial charge in [-0.15, -0.1) is 0 Å². The van der Waals surface area contributed by atoms with Gasteiger partial charge in [0.2, 0.25) is 0 Å². The molecular weight excluding hydrogens is 115 g/mol. The maximum atomic E-state index is 12.7. The molecule has 1 aliphatic carbocycles. The highest BCUT2D eigenvalue weighted by Gasteiger charge is 2.29. The first-order valence-corrected chi connectivity index (χ1v) is 3.40. The highest BCUT2D eigenvalue weighted by molar-refractivity contribution is 5.19. The van der Waals surface area contributed by atoms with Crippen LogP contribution in [-0.4, -0.2) is 0 Å². The van der Waals surface area contributed by atoms with E-state index in [1.165, 1.54) is 0 Å². The monoisotopic (exact) mass is 128 g/mol. The van der Waals surface area contributed by atoms with Crippen molar-refractivity contribution >= 4 is 0 Å². The van der Waals surface area contributed by atoms with Gasteiger partial charge in [0.15, 0.2) is 0 Å². The molecule has 0 fully saturated rings. The third kappa shape index (κ3) is 1.00. The first kappa shape index (κ1) is 6.79. The minimum atomic E-state index is 0.111. The summed E-state index contributed by atoms with van der Waals surface area (Å²) in [5.74, 6) is 0.111. The average molecular weight is 128 g/mol. The molecule has 1 rings (SSSR count). The number of halogens is 1. The lowest BCUT2D eigenvalue weighted by Crippen LogP contribution is -2.06. The maximum absolute atomic E-state index is 12.7. The van der Waals surface area contributed by atoms with Crippen LogP contribution in [0.15, 0.2) is 11.4 Å². The Hall–Kier alpha value is -0.330.